The Labute approximate surface area is 107 Å². The molecule has 1 atom stereocenters. The lowest BCUT2D eigenvalue weighted by Crippen LogP contribution is -2.17. The van der Waals surface area contributed by atoms with Crippen molar-refractivity contribution in [1.29, 1.82) is 0 Å². The minimum atomic E-state index is -0.312. The van der Waals surface area contributed by atoms with Crippen molar-refractivity contribution >= 4 is 0 Å². The van der Waals surface area contributed by atoms with Crippen molar-refractivity contribution in [1.82, 2.24) is 5.32 Å². The quantitative estimate of drug-likeness (QED) is 0.810. The van der Waals surface area contributed by atoms with E-state index in [4.69, 9.17) is 9.47 Å². The van der Waals surface area contributed by atoms with Crippen LogP contribution >= 0.6 is 0 Å². The van der Waals surface area contributed by atoms with Gasteiger partial charge in [-0.3, -0.25) is 0 Å². The lowest BCUT2D eigenvalue weighted by atomic mass is 10.2. The molecule has 0 bridgehead atoms. The van der Waals surface area contributed by atoms with Crippen molar-refractivity contribution in [2.75, 3.05) is 13.7 Å². The van der Waals surface area contributed by atoms with Gasteiger partial charge in [-0.2, -0.15) is 0 Å². The number of methoxy groups -OCH3 is 1. The van der Waals surface area contributed by atoms with Gasteiger partial charge in [-0.1, -0.05) is 6.07 Å². The van der Waals surface area contributed by atoms with E-state index in [1.807, 2.05) is 13.0 Å². The van der Waals surface area contributed by atoms with E-state index in [9.17, 15) is 4.39 Å². The number of nitrogens with one attached hydrogen (secondary N) is 1. The number of ether oxygens (including phenoxy) is 2. The number of rotatable bonds is 7. The maximum Gasteiger partial charge on any atom is 0.165 e. The van der Waals surface area contributed by atoms with E-state index in [0.717, 1.165) is 12.1 Å². The second kappa shape index (κ2) is 6.16. The van der Waals surface area contributed by atoms with Gasteiger partial charge < -0.3 is 14.8 Å². The molecule has 1 N–H and O–H groups in total. The van der Waals surface area contributed by atoms with Crippen molar-refractivity contribution in [3.8, 4) is 5.75 Å². The van der Waals surface area contributed by atoms with Gasteiger partial charge in [0.05, 0.1) is 6.10 Å². The monoisotopic (exact) mass is 253 g/mol. The van der Waals surface area contributed by atoms with E-state index in [0.29, 0.717) is 12.6 Å². The molecule has 1 aliphatic rings. The number of halogens is 1. The van der Waals surface area contributed by atoms with Crippen molar-refractivity contribution in [2.45, 2.75) is 38.5 Å². The molecule has 3 nitrogen and oxygen atoms in total. The molecule has 0 radical (unpaired) electrons. The van der Waals surface area contributed by atoms with Gasteiger partial charge in [-0.15, -0.1) is 0 Å². The molecule has 0 spiro atoms. The van der Waals surface area contributed by atoms with Gasteiger partial charge in [0.2, 0.25) is 0 Å². The molecular weight excluding hydrogens is 233 g/mol. The van der Waals surface area contributed by atoms with Crippen LogP contribution in [0.15, 0.2) is 18.2 Å². The molecule has 4 heteroatoms. The Kier molecular flexibility index (Phi) is 4.55. The maximum atomic E-state index is 13.8. The molecule has 1 aromatic carbocycles. The van der Waals surface area contributed by atoms with Crippen LogP contribution in [0.3, 0.4) is 0 Å². The van der Waals surface area contributed by atoms with E-state index < -0.39 is 0 Å². The van der Waals surface area contributed by atoms with E-state index in [1.165, 1.54) is 18.9 Å². The van der Waals surface area contributed by atoms with Crippen LogP contribution in [0.4, 0.5) is 4.39 Å². The summed E-state index contributed by atoms with van der Waals surface area (Å²) in [4.78, 5) is 0. The Balaban J connectivity index is 1.87. The van der Waals surface area contributed by atoms with Crippen LogP contribution in [0.5, 0.6) is 5.75 Å². The van der Waals surface area contributed by atoms with Gasteiger partial charge in [0.15, 0.2) is 11.6 Å². The molecular formula is C14H20FNO2. The summed E-state index contributed by atoms with van der Waals surface area (Å²) in [7, 11) is 1.61. The van der Waals surface area contributed by atoms with Crippen molar-refractivity contribution in [3.05, 3.63) is 29.6 Å². The van der Waals surface area contributed by atoms with Crippen molar-refractivity contribution < 1.29 is 13.9 Å². The predicted octanol–water partition coefficient (Wildman–Crippen LogP) is 2.49. The van der Waals surface area contributed by atoms with Crippen LogP contribution < -0.4 is 10.1 Å². The Morgan fingerprint density at radius 2 is 2.22 bits per heavy atom. The summed E-state index contributed by atoms with van der Waals surface area (Å²) in [5.41, 5.74) is 0.950. The summed E-state index contributed by atoms with van der Waals surface area (Å²) in [6, 6.07) is 5.74. The van der Waals surface area contributed by atoms with Gasteiger partial charge in [-0.25, -0.2) is 4.39 Å². The van der Waals surface area contributed by atoms with Crippen LogP contribution in [-0.2, 0) is 11.3 Å². The first-order valence-corrected chi connectivity index (χ1v) is 6.36. The summed E-state index contributed by atoms with van der Waals surface area (Å²) in [5, 5.41) is 3.35. The normalized spacial score (nSPS) is 16.6. The smallest absolute Gasteiger partial charge is 0.165 e. The Morgan fingerprint density at radius 1 is 1.44 bits per heavy atom. The van der Waals surface area contributed by atoms with E-state index >= 15 is 0 Å². The lowest BCUT2D eigenvalue weighted by Gasteiger charge is -2.12. The molecule has 1 unspecified atom stereocenters. The molecule has 1 saturated carbocycles. The Hall–Kier alpha value is -1.13. The molecule has 100 valence electrons. The van der Waals surface area contributed by atoms with E-state index in [2.05, 4.69) is 5.32 Å². The molecule has 0 saturated heterocycles. The van der Waals surface area contributed by atoms with Gasteiger partial charge in [0.1, 0.15) is 6.61 Å². The Morgan fingerprint density at radius 3 is 2.83 bits per heavy atom. The summed E-state index contributed by atoms with van der Waals surface area (Å²) in [6.07, 6.45) is 2.43. The fourth-order valence-electron chi connectivity index (χ4n) is 1.60. The van der Waals surface area contributed by atoms with E-state index in [-0.39, 0.29) is 17.7 Å². The summed E-state index contributed by atoms with van der Waals surface area (Å²) in [5.74, 6) is -0.0255. The highest BCUT2D eigenvalue weighted by molar-refractivity contribution is 5.29. The first kappa shape index (κ1) is 13.3. The zero-order chi connectivity index (χ0) is 13.0. The van der Waals surface area contributed by atoms with Crippen molar-refractivity contribution in [3.63, 3.8) is 0 Å². The molecule has 0 aliphatic heterocycles. The highest BCUT2D eigenvalue weighted by atomic mass is 19.1. The average Bonchev–Trinajstić information content (AvgIpc) is 3.18. The molecule has 0 amide bonds. The summed E-state index contributed by atoms with van der Waals surface area (Å²) < 4.78 is 24.2. The largest absolute Gasteiger partial charge is 0.488 e. The maximum absolute atomic E-state index is 13.8. The number of hydrogen-bond donors (Lipinski definition) is 1. The van der Waals surface area contributed by atoms with Crippen LogP contribution in [0.25, 0.3) is 0 Å². The summed E-state index contributed by atoms with van der Waals surface area (Å²) >= 11 is 0. The molecule has 0 heterocycles. The standard InChI is InChI=1S/C14H20FNO2/c1-10(17-2)9-18-14-6-3-11(7-13(14)15)8-16-12-4-5-12/h3,6-7,10,12,16H,4-5,8-9H2,1-2H3. The SMILES string of the molecule is COC(C)COc1ccc(CNC2CC2)cc1F. The molecule has 2 rings (SSSR count). The minimum Gasteiger partial charge on any atom is -0.488 e. The topological polar surface area (TPSA) is 30.5 Å². The third-order valence-corrected chi connectivity index (χ3v) is 3.04. The highest BCUT2D eigenvalue weighted by Gasteiger charge is 2.20. The molecule has 1 fully saturated rings. The Bertz CT molecular complexity index is 393. The first-order valence-electron chi connectivity index (χ1n) is 6.36. The van der Waals surface area contributed by atoms with Gasteiger partial charge in [0, 0.05) is 19.7 Å². The van der Waals surface area contributed by atoms with Crippen molar-refractivity contribution in [2.24, 2.45) is 0 Å². The third kappa shape index (κ3) is 3.96. The second-order valence-corrected chi connectivity index (χ2v) is 4.78. The lowest BCUT2D eigenvalue weighted by molar-refractivity contribution is 0.0702. The van der Waals surface area contributed by atoms with Crippen LogP contribution in [0, 0.1) is 5.82 Å². The number of benzene rings is 1. The van der Waals surface area contributed by atoms with E-state index in [1.54, 1.807) is 13.2 Å². The molecule has 18 heavy (non-hydrogen) atoms. The third-order valence-electron chi connectivity index (χ3n) is 3.04. The highest BCUT2D eigenvalue weighted by Crippen LogP contribution is 2.21. The fourth-order valence-corrected chi connectivity index (χ4v) is 1.60. The van der Waals surface area contributed by atoms with Gasteiger partial charge in [0.25, 0.3) is 0 Å². The zero-order valence-electron chi connectivity index (χ0n) is 10.9. The first-order chi connectivity index (χ1) is 8.69. The molecule has 1 aliphatic carbocycles. The minimum absolute atomic E-state index is 0.0411. The van der Waals surface area contributed by atoms with Gasteiger partial charge >= 0.3 is 0 Å². The zero-order valence-corrected chi connectivity index (χ0v) is 10.9. The van der Waals surface area contributed by atoms with Gasteiger partial charge in [-0.05, 0) is 37.5 Å². The predicted molar refractivity (Wildman–Crippen MR) is 68.2 cm³/mol. The van der Waals surface area contributed by atoms with Crippen LogP contribution in [0.1, 0.15) is 25.3 Å². The molecule has 1 aromatic rings. The molecule has 0 aromatic heterocycles. The number of hydrogen-bond acceptors (Lipinski definition) is 3. The van der Waals surface area contributed by atoms with Crippen LogP contribution in [-0.4, -0.2) is 25.9 Å². The fraction of sp³-hybridized carbons (Fsp3) is 0.571. The second-order valence-electron chi connectivity index (χ2n) is 4.78. The average molecular weight is 253 g/mol. The summed E-state index contributed by atoms with van der Waals surface area (Å²) in [6.45, 7) is 2.95. The van der Waals surface area contributed by atoms with Crippen LogP contribution in [0.2, 0.25) is 0 Å².